The minimum absolute atomic E-state index is 0.0709. The summed E-state index contributed by atoms with van der Waals surface area (Å²) in [6.45, 7) is -0.667. The fourth-order valence-corrected chi connectivity index (χ4v) is 5.00. The third kappa shape index (κ3) is 8.61. The molecule has 0 radical (unpaired) electrons. The van der Waals surface area contributed by atoms with Crippen molar-refractivity contribution in [1.82, 2.24) is 5.32 Å². The zero-order valence-electron chi connectivity index (χ0n) is 22.5. The molecule has 0 saturated heterocycles. The summed E-state index contributed by atoms with van der Waals surface area (Å²) in [6, 6.07) is 12.5. The molecule has 0 bridgehead atoms. The van der Waals surface area contributed by atoms with Gasteiger partial charge in [0.2, 0.25) is 0 Å². The number of rotatable bonds is 12. The van der Waals surface area contributed by atoms with Crippen molar-refractivity contribution < 1.29 is 40.8 Å². The largest absolute Gasteiger partial charge is 0.465 e. The number of benzene rings is 3. The van der Waals surface area contributed by atoms with Crippen LogP contribution in [0.5, 0.6) is 0 Å². The van der Waals surface area contributed by atoms with E-state index in [1.165, 1.54) is 43.5 Å². The van der Waals surface area contributed by atoms with E-state index in [4.69, 9.17) is 21.3 Å². The van der Waals surface area contributed by atoms with Crippen LogP contribution in [0.3, 0.4) is 0 Å². The average Bonchev–Trinajstić information content (AvgIpc) is 2.96. The van der Waals surface area contributed by atoms with Gasteiger partial charge >= 0.3 is 5.97 Å². The standard InChI is InChI=1S/C25H27N7O9S2/c1-41-25(35)17-4-2-3-5-18(17)30-31-19-14-20(43(38,39)40)22(27)23(21(19)26)32-29-16-8-6-15(7-9-16)24(34)28-10-12-42(36,37)13-11-33/h2-9,14,33H,10-13,26-27H2,1H3,(H,28,34)(H,38,39,40). The van der Waals surface area contributed by atoms with E-state index < -0.39 is 54.8 Å². The average molecular weight is 634 g/mol. The lowest BCUT2D eigenvalue weighted by molar-refractivity contribution is 0.0601. The summed E-state index contributed by atoms with van der Waals surface area (Å²) in [7, 11) is -7.19. The fraction of sp³-hybridized carbons (Fsp3) is 0.200. The topological polar surface area (TPSA) is 266 Å². The molecule has 228 valence electrons. The maximum atomic E-state index is 12.3. The number of hydrogen-bond donors (Lipinski definition) is 5. The molecule has 18 heteroatoms. The van der Waals surface area contributed by atoms with Gasteiger partial charge in [-0.25, -0.2) is 13.2 Å². The first-order valence-electron chi connectivity index (χ1n) is 12.2. The highest BCUT2D eigenvalue weighted by atomic mass is 32.2. The van der Waals surface area contributed by atoms with Crippen LogP contribution in [-0.2, 0) is 24.7 Å². The predicted molar refractivity (Wildman–Crippen MR) is 156 cm³/mol. The number of anilines is 2. The number of carbonyl (C=O) groups is 2. The van der Waals surface area contributed by atoms with Crippen molar-refractivity contribution in [2.24, 2.45) is 20.5 Å². The third-order valence-corrected chi connectivity index (χ3v) is 8.19. The van der Waals surface area contributed by atoms with Crippen molar-refractivity contribution >= 4 is 66.0 Å². The van der Waals surface area contributed by atoms with Crippen LogP contribution >= 0.6 is 0 Å². The molecule has 3 aromatic carbocycles. The normalized spacial score (nSPS) is 12.1. The number of nitrogens with two attached hydrogens (primary N) is 2. The fourth-order valence-electron chi connectivity index (χ4n) is 3.47. The van der Waals surface area contributed by atoms with Crippen LogP contribution in [0, 0.1) is 0 Å². The second-order valence-electron chi connectivity index (χ2n) is 8.63. The number of ether oxygens (including phenoxy) is 1. The number of amides is 1. The van der Waals surface area contributed by atoms with Gasteiger partial charge in [-0.3, -0.25) is 9.35 Å². The molecule has 3 aromatic rings. The first kappa shape index (κ1) is 32.7. The molecular weight excluding hydrogens is 606 g/mol. The predicted octanol–water partition coefficient (Wildman–Crippen LogP) is 2.85. The van der Waals surface area contributed by atoms with Gasteiger partial charge < -0.3 is 26.6 Å². The molecule has 0 atom stereocenters. The molecule has 0 heterocycles. The van der Waals surface area contributed by atoms with Crippen LogP contribution in [0.15, 0.2) is 79.9 Å². The van der Waals surface area contributed by atoms with Crippen molar-refractivity contribution in [2.75, 3.05) is 43.2 Å². The first-order valence-corrected chi connectivity index (χ1v) is 15.4. The van der Waals surface area contributed by atoms with E-state index in [1.54, 1.807) is 12.1 Å². The van der Waals surface area contributed by atoms with Crippen molar-refractivity contribution in [3.05, 3.63) is 65.7 Å². The number of sulfone groups is 1. The highest BCUT2D eigenvalue weighted by Crippen LogP contribution is 2.43. The number of nitrogens with zero attached hydrogens (tertiary/aromatic N) is 4. The van der Waals surface area contributed by atoms with Crippen molar-refractivity contribution in [1.29, 1.82) is 0 Å². The summed E-state index contributed by atoms with van der Waals surface area (Å²) in [6.07, 6.45) is 0. The molecule has 0 aromatic heterocycles. The number of hydrogen-bond acceptors (Lipinski definition) is 14. The van der Waals surface area contributed by atoms with Crippen LogP contribution in [0.2, 0.25) is 0 Å². The molecule has 3 rings (SSSR count). The molecule has 0 aliphatic carbocycles. The summed E-state index contributed by atoms with van der Waals surface area (Å²) in [5.41, 5.74) is 11.2. The van der Waals surface area contributed by atoms with E-state index >= 15 is 0 Å². The number of azo groups is 2. The summed E-state index contributed by atoms with van der Waals surface area (Å²) >= 11 is 0. The number of nitrogens with one attached hydrogen (secondary N) is 1. The minimum atomic E-state index is -4.87. The Kier molecular flexibility index (Phi) is 10.6. The van der Waals surface area contributed by atoms with Crippen LogP contribution in [0.4, 0.5) is 34.1 Å². The van der Waals surface area contributed by atoms with Gasteiger partial charge in [0.25, 0.3) is 16.0 Å². The second-order valence-corrected chi connectivity index (χ2v) is 12.3. The molecule has 0 aliphatic heterocycles. The highest BCUT2D eigenvalue weighted by molar-refractivity contribution is 7.91. The Morgan fingerprint density at radius 3 is 2.16 bits per heavy atom. The number of esters is 1. The molecule has 0 unspecified atom stereocenters. The monoisotopic (exact) mass is 633 g/mol. The second kappa shape index (κ2) is 13.9. The minimum Gasteiger partial charge on any atom is -0.465 e. The van der Waals surface area contributed by atoms with Crippen LogP contribution < -0.4 is 16.8 Å². The Morgan fingerprint density at radius 1 is 0.884 bits per heavy atom. The molecular formula is C25H27N7O9S2. The Labute approximate surface area is 246 Å². The van der Waals surface area contributed by atoms with E-state index in [-0.39, 0.29) is 51.9 Å². The summed E-state index contributed by atoms with van der Waals surface area (Å²) in [5, 5.41) is 27.0. The van der Waals surface area contributed by atoms with E-state index in [0.717, 1.165) is 6.07 Å². The lowest BCUT2D eigenvalue weighted by Gasteiger charge is -2.10. The summed E-state index contributed by atoms with van der Waals surface area (Å²) in [5.74, 6) is -1.99. The zero-order valence-corrected chi connectivity index (χ0v) is 24.2. The molecule has 16 nitrogen and oxygen atoms in total. The van der Waals surface area contributed by atoms with Crippen molar-refractivity contribution in [3.8, 4) is 0 Å². The smallest absolute Gasteiger partial charge is 0.340 e. The van der Waals surface area contributed by atoms with Gasteiger partial charge in [-0.05, 0) is 42.5 Å². The molecule has 0 fully saturated rings. The van der Waals surface area contributed by atoms with Gasteiger partial charge in [-0.15, -0.1) is 15.3 Å². The summed E-state index contributed by atoms with van der Waals surface area (Å²) < 4.78 is 61.7. The first-order chi connectivity index (χ1) is 20.3. The highest BCUT2D eigenvalue weighted by Gasteiger charge is 2.23. The third-order valence-electron chi connectivity index (χ3n) is 5.67. The van der Waals surface area contributed by atoms with Gasteiger partial charge in [-0.1, -0.05) is 12.1 Å². The Morgan fingerprint density at radius 2 is 1.53 bits per heavy atom. The van der Waals surface area contributed by atoms with Gasteiger partial charge in [0, 0.05) is 12.1 Å². The quantitative estimate of drug-likeness (QED) is 0.0837. The van der Waals surface area contributed by atoms with Crippen LogP contribution in [-0.4, -0.2) is 70.1 Å². The maximum absolute atomic E-state index is 12.3. The number of carbonyl (C=O) groups excluding carboxylic acids is 2. The molecule has 0 saturated carbocycles. The molecule has 0 spiro atoms. The SMILES string of the molecule is COC(=O)c1ccccc1N=Nc1cc(S(=O)(=O)O)c(N)c(N=Nc2ccc(C(=O)NCCS(=O)(=O)CCO)cc2)c1N. The van der Waals surface area contributed by atoms with Crippen LogP contribution in [0.1, 0.15) is 20.7 Å². The zero-order chi connectivity index (χ0) is 31.8. The van der Waals surface area contributed by atoms with E-state index in [2.05, 4.69) is 25.8 Å². The number of nitrogen functional groups attached to an aromatic ring is 2. The summed E-state index contributed by atoms with van der Waals surface area (Å²) in [4.78, 5) is 23.6. The van der Waals surface area contributed by atoms with E-state index in [9.17, 15) is 31.0 Å². The lowest BCUT2D eigenvalue weighted by Crippen LogP contribution is -2.30. The van der Waals surface area contributed by atoms with Gasteiger partial charge in [0.15, 0.2) is 9.84 Å². The molecule has 0 aliphatic rings. The number of methoxy groups -OCH3 is 1. The van der Waals surface area contributed by atoms with Gasteiger partial charge in [-0.2, -0.15) is 13.5 Å². The number of aliphatic hydroxyl groups excluding tert-OH is 1. The Hall–Kier alpha value is -4.78. The van der Waals surface area contributed by atoms with Gasteiger partial charge in [0.1, 0.15) is 22.0 Å². The van der Waals surface area contributed by atoms with Crippen molar-refractivity contribution in [3.63, 3.8) is 0 Å². The maximum Gasteiger partial charge on any atom is 0.340 e. The lowest BCUT2D eigenvalue weighted by atomic mass is 10.2. The van der Waals surface area contributed by atoms with Gasteiger partial charge in [0.05, 0.1) is 47.8 Å². The molecule has 1 amide bonds. The van der Waals surface area contributed by atoms with Crippen molar-refractivity contribution in [2.45, 2.75) is 4.90 Å². The Bertz CT molecular complexity index is 1790. The molecule has 43 heavy (non-hydrogen) atoms. The van der Waals surface area contributed by atoms with E-state index in [0.29, 0.717) is 0 Å². The van der Waals surface area contributed by atoms with Crippen LogP contribution in [0.25, 0.3) is 0 Å². The molecule has 7 N–H and O–H groups in total. The Balaban J connectivity index is 1.89. The van der Waals surface area contributed by atoms with E-state index in [1.807, 2.05) is 0 Å². The number of aliphatic hydroxyl groups is 1.